The number of amides is 1. The maximum Gasteiger partial charge on any atom is 0.241 e. The summed E-state index contributed by atoms with van der Waals surface area (Å²) in [5, 5.41) is 11.5. The molecule has 0 bridgehead atoms. The highest BCUT2D eigenvalue weighted by molar-refractivity contribution is 5.82. The number of hydrogen-bond donors (Lipinski definition) is 3. The first-order chi connectivity index (χ1) is 11.7. The van der Waals surface area contributed by atoms with Crippen molar-refractivity contribution < 1.29 is 9.53 Å². The van der Waals surface area contributed by atoms with Crippen molar-refractivity contribution in [3.05, 3.63) is 29.8 Å². The van der Waals surface area contributed by atoms with Gasteiger partial charge in [0.05, 0.1) is 7.11 Å². The third-order valence-corrected chi connectivity index (χ3v) is 5.46. The summed E-state index contributed by atoms with van der Waals surface area (Å²) in [4.78, 5) is 14.6. The minimum absolute atomic E-state index is 0.120. The molecule has 3 N–H and O–H groups in total. The van der Waals surface area contributed by atoms with Crippen molar-refractivity contribution in [1.29, 1.82) is 5.26 Å². The summed E-state index contributed by atoms with van der Waals surface area (Å²) < 4.78 is 5.18. The normalized spacial score (nSPS) is 33.7. The number of carbonyl (C=O) groups excluding carboxylic acids is 1. The van der Waals surface area contributed by atoms with Gasteiger partial charge in [-0.05, 0) is 24.1 Å². The van der Waals surface area contributed by atoms with Gasteiger partial charge in [-0.1, -0.05) is 12.1 Å². The Morgan fingerprint density at radius 2 is 2.00 bits per heavy atom. The molecule has 4 rings (SSSR count). The number of carbonyl (C=O) groups is 1. The topological polar surface area (TPSA) is 89.4 Å². The molecule has 1 aromatic rings. The Hall–Kier alpha value is -2.30. The number of hydrogen-bond acceptors (Lipinski definition) is 6. The smallest absolute Gasteiger partial charge is 0.241 e. The van der Waals surface area contributed by atoms with E-state index in [1.807, 2.05) is 35.4 Å². The average molecular weight is 327 g/mol. The fourth-order valence-corrected chi connectivity index (χ4v) is 3.99. The van der Waals surface area contributed by atoms with E-state index in [1.165, 1.54) is 0 Å². The summed E-state index contributed by atoms with van der Waals surface area (Å²) in [6.45, 7) is 1.52. The fraction of sp³-hybridized carbons (Fsp3) is 0.529. The van der Waals surface area contributed by atoms with Gasteiger partial charge in [0.15, 0.2) is 6.19 Å². The Morgan fingerprint density at radius 3 is 2.62 bits per heavy atom. The monoisotopic (exact) mass is 327 g/mol. The van der Waals surface area contributed by atoms with Crippen molar-refractivity contribution >= 4 is 5.91 Å². The van der Waals surface area contributed by atoms with Gasteiger partial charge in [0.25, 0.3) is 0 Å². The Labute approximate surface area is 140 Å². The minimum atomic E-state index is -0.197. The second kappa shape index (κ2) is 5.96. The number of nitriles is 1. The van der Waals surface area contributed by atoms with Crippen LogP contribution in [0.2, 0.25) is 0 Å². The van der Waals surface area contributed by atoms with Crippen LogP contribution in [-0.4, -0.2) is 43.1 Å². The van der Waals surface area contributed by atoms with Crippen LogP contribution in [-0.2, 0) is 4.79 Å². The number of fused-ring (bicyclic) bond motifs is 1. The highest BCUT2D eigenvalue weighted by Crippen LogP contribution is 2.45. The summed E-state index contributed by atoms with van der Waals surface area (Å²) in [5.41, 5.74) is 7.50. The van der Waals surface area contributed by atoms with E-state index < -0.39 is 0 Å². The second-order valence-electron chi connectivity index (χ2n) is 6.76. The minimum Gasteiger partial charge on any atom is -0.497 e. The third kappa shape index (κ3) is 2.58. The molecule has 0 spiro atoms. The zero-order valence-electron chi connectivity index (χ0n) is 13.5. The average Bonchev–Trinajstić information content (AvgIpc) is 3.05. The van der Waals surface area contributed by atoms with Crippen LogP contribution in [0.25, 0.3) is 0 Å². The fourth-order valence-electron chi connectivity index (χ4n) is 3.99. The maximum absolute atomic E-state index is 12.7. The number of ether oxygens (including phenoxy) is 1. The van der Waals surface area contributed by atoms with Gasteiger partial charge >= 0.3 is 0 Å². The summed E-state index contributed by atoms with van der Waals surface area (Å²) in [6.07, 6.45) is 2.74. The molecule has 1 amide bonds. The molecule has 7 nitrogen and oxygen atoms in total. The van der Waals surface area contributed by atoms with E-state index in [4.69, 9.17) is 10.00 Å². The molecule has 2 heterocycles. The van der Waals surface area contributed by atoms with E-state index in [0.29, 0.717) is 11.8 Å². The predicted molar refractivity (Wildman–Crippen MR) is 86.5 cm³/mol. The molecular weight excluding hydrogens is 306 g/mol. The van der Waals surface area contributed by atoms with Gasteiger partial charge in [-0.15, -0.1) is 0 Å². The summed E-state index contributed by atoms with van der Waals surface area (Å²) in [7, 11) is 1.65. The lowest BCUT2D eigenvalue weighted by Gasteiger charge is -2.22. The highest BCUT2D eigenvalue weighted by atomic mass is 16.5. The van der Waals surface area contributed by atoms with Crippen molar-refractivity contribution in [2.75, 3.05) is 20.2 Å². The molecule has 3 aliphatic rings. The standard InChI is InChI=1S/C17H21N5O2/c1-24-11-4-2-10(3-5-11)14-6-15(21-20-14)17(23)22-7-12-13(8-22)16(12)19-9-18/h2-5,12-16,19-21H,6-8H2,1H3/t12-,13+,14?,15?,16+. The van der Waals surface area contributed by atoms with Crippen LogP contribution in [0.3, 0.4) is 0 Å². The van der Waals surface area contributed by atoms with E-state index in [9.17, 15) is 4.79 Å². The molecule has 2 saturated heterocycles. The molecular formula is C17H21N5O2. The first-order valence-electron chi connectivity index (χ1n) is 8.29. The van der Waals surface area contributed by atoms with Gasteiger partial charge in [0, 0.05) is 37.0 Å². The van der Waals surface area contributed by atoms with Crippen molar-refractivity contribution in [3.8, 4) is 11.9 Å². The van der Waals surface area contributed by atoms with Crippen LogP contribution in [0.15, 0.2) is 24.3 Å². The van der Waals surface area contributed by atoms with Crippen LogP contribution in [0.5, 0.6) is 5.75 Å². The predicted octanol–water partition coefficient (Wildman–Crippen LogP) is 0.130. The molecule has 24 heavy (non-hydrogen) atoms. The van der Waals surface area contributed by atoms with Crippen LogP contribution >= 0.6 is 0 Å². The molecule has 2 unspecified atom stereocenters. The van der Waals surface area contributed by atoms with Crippen molar-refractivity contribution in [2.45, 2.75) is 24.5 Å². The summed E-state index contributed by atoms with van der Waals surface area (Å²) in [5.74, 6) is 1.87. The number of benzene rings is 1. The molecule has 1 aliphatic carbocycles. The quantitative estimate of drug-likeness (QED) is 0.538. The van der Waals surface area contributed by atoms with Crippen molar-refractivity contribution in [1.82, 2.24) is 21.1 Å². The second-order valence-corrected chi connectivity index (χ2v) is 6.76. The van der Waals surface area contributed by atoms with Gasteiger partial charge in [-0.2, -0.15) is 5.26 Å². The Balaban J connectivity index is 1.32. The first kappa shape index (κ1) is 15.2. The van der Waals surface area contributed by atoms with Crippen LogP contribution in [0.1, 0.15) is 18.0 Å². The molecule has 1 saturated carbocycles. The molecule has 2 aliphatic heterocycles. The van der Waals surface area contributed by atoms with E-state index >= 15 is 0 Å². The number of likely N-dealkylation sites (tertiary alicyclic amines) is 1. The van der Waals surface area contributed by atoms with Gasteiger partial charge < -0.3 is 15.0 Å². The molecule has 3 fully saturated rings. The van der Waals surface area contributed by atoms with Crippen LogP contribution in [0, 0.1) is 23.3 Å². The maximum atomic E-state index is 12.7. The van der Waals surface area contributed by atoms with Crippen molar-refractivity contribution in [3.63, 3.8) is 0 Å². The summed E-state index contributed by atoms with van der Waals surface area (Å²) >= 11 is 0. The third-order valence-electron chi connectivity index (χ3n) is 5.46. The zero-order valence-corrected chi connectivity index (χ0v) is 13.5. The van der Waals surface area contributed by atoms with Crippen molar-refractivity contribution in [2.24, 2.45) is 11.8 Å². The Bertz CT molecular complexity index is 659. The number of hydrazine groups is 1. The molecule has 1 aromatic carbocycles. The largest absolute Gasteiger partial charge is 0.497 e. The molecule has 0 aromatic heterocycles. The van der Waals surface area contributed by atoms with Crippen LogP contribution in [0.4, 0.5) is 0 Å². The lowest BCUT2D eigenvalue weighted by atomic mass is 10.0. The lowest BCUT2D eigenvalue weighted by Crippen LogP contribution is -2.46. The Morgan fingerprint density at radius 1 is 1.29 bits per heavy atom. The number of piperidine rings is 1. The van der Waals surface area contributed by atoms with E-state index in [0.717, 1.165) is 30.8 Å². The molecule has 5 atom stereocenters. The number of nitrogens with one attached hydrogen (secondary N) is 3. The van der Waals surface area contributed by atoms with Crippen LogP contribution < -0.4 is 20.9 Å². The van der Waals surface area contributed by atoms with E-state index in [1.54, 1.807) is 7.11 Å². The number of nitrogens with zero attached hydrogens (tertiary/aromatic N) is 2. The first-order valence-corrected chi connectivity index (χ1v) is 8.29. The Kier molecular flexibility index (Phi) is 3.79. The van der Waals surface area contributed by atoms with Gasteiger partial charge in [0.1, 0.15) is 11.8 Å². The highest BCUT2D eigenvalue weighted by Gasteiger charge is 2.57. The number of methoxy groups -OCH3 is 1. The van der Waals surface area contributed by atoms with Gasteiger partial charge in [-0.3, -0.25) is 4.79 Å². The SMILES string of the molecule is COc1ccc(C2CC(C(=O)N3C[C@@H]4[C@H](C3)[C@H]4NC#N)NN2)cc1. The summed E-state index contributed by atoms with van der Waals surface area (Å²) in [6, 6.07) is 8.11. The molecule has 7 heteroatoms. The molecule has 0 radical (unpaired) electrons. The number of rotatable bonds is 4. The molecule has 126 valence electrons. The lowest BCUT2D eigenvalue weighted by molar-refractivity contribution is -0.132. The van der Waals surface area contributed by atoms with E-state index in [2.05, 4.69) is 16.2 Å². The van der Waals surface area contributed by atoms with Gasteiger partial charge in [-0.25, -0.2) is 10.9 Å². The zero-order chi connectivity index (χ0) is 16.7. The van der Waals surface area contributed by atoms with E-state index in [-0.39, 0.29) is 24.0 Å². The van der Waals surface area contributed by atoms with Gasteiger partial charge in [0.2, 0.25) is 5.91 Å².